The Hall–Kier alpha value is -3.61. The van der Waals surface area contributed by atoms with Crippen molar-refractivity contribution < 1.29 is 28.6 Å². The molecule has 0 saturated heterocycles. The lowest BCUT2D eigenvalue weighted by Crippen LogP contribution is -2.18. The maximum atomic E-state index is 13.0. The van der Waals surface area contributed by atoms with E-state index in [1.165, 1.54) is 24.8 Å². The van der Waals surface area contributed by atoms with Crippen LogP contribution >= 0.6 is 0 Å². The summed E-state index contributed by atoms with van der Waals surface area (Å²) in [5.41, 5.74) is 2.07. The minimum Gasteiger partial charge on any atom is -0.462 e. The molecule has 2 aromatic carbocycles. The number of para-hydroxylation sites is 2. The minimum atomic E-state index is -0.759. The molecule has 0 spiro atoms. The van der Waals surface area contributed by atoms with Gasteiger partial charge in [0.05, 0.1) is 25.0 Å². The second-order valence-electron chi connectivity index (χ2n) is 10.5. The quantitative estimate of drug-likeness (QED) is 0.0689. The molecule has 0 bridgehead atoms. The van der Waals surface area contributed by atoms with E-state index in [0.29, 0.717) is 11.3 Å². The van der Waals surface area contributed by atoms with Gasteiger partial charge in [-0.05, 0) is 55.5 Å². The number of carbonyl (C=O) groups excluding carboxylic acids is 3. The van der Waals surface area contributed by atoms with E-state index >= 15 is 0 Å². The minimum absolute atomic E-state index is 0.211. The second-order valence-corrected chi connectivity index (χ2v) is 10.5. The highest BCUT2D eigenvalue weighted by Crippen LogP contribution is 2.27. The fourth-order valence-electron chi connectivity index (χ4n) is 4.30. The van der Waals surface area contributed by atoms with Crippen LogP contribution < -0.4 is 10.1 Å². The summed E-state index contributed by atoms with van der Waals surface area (Å²) in [5.74, 6) is -1.83. The van der Waals surface area contributed by atoms with Gasteiger partial charge < -0.3 is 19.5 Å². The zero-order valence-corrected chi connectivity index (χ0v) is 25.8. The topological polar surface area (TPSA) is 90.9 Å². The van der Waals surface area contributed by atoms with Crippen molar-refractivity contribution in [2.24, 2.45) is 0 Å². The third-order valence-electron chi connectivity index (χ3n) is 6.81. The molecular formula is C35H49NO6. The third-order valence-corrected chi connectivity index (χ3v) is 6.81. The number of nitrogens with one attached hydrogen (secondary N) is 1. The van der Waals surface area contributed by atoms with Gasteiger partial charge in [0.2, 0.25) is 5.76 Å². The van der Waals surface area contributed by atoms with Crippen LogP contribution in [0.2, 0.25) is 0 Å². The molecule has 0 saturated carbocycles. The lowest BCUT2D eigenvalue weighted by molar-refractivity contribution is -0.143. The summed E-state index contributed by atoms with van der Waals surface area (Å²) in [6.07, 6.45) is 14.4. The number of unbranched alkanes of at least 4 members (excludes halogenated alkanes) is 9. The molecule has 0 unspecified atom stereocenters. The van der Waals surface area contributed by atoms with E-state index in [2.05, 4.69) is 26.1 Å². The molecule has 0 heterocycles. The molecule has 0 atom stereocenters. The number of anilines is 1. The van der Waals surface area contributed by atoms with Crippen LogP contribution in [-0.4, -0.2) is 31.1 Å². The van der Waals surface area contributed by atoms with E-state index in [1.54, 1.807) is 24.3 Å². The highest BCUT2D eigenvalue weighted by atomic mass is 16.6. The number of hydrogen-bond acceptors (Lipinski definition) is 6. The fourth-order valence-corrected chi connectivity index (χ4v) is 4.30. The molecule has 230 valence electrons. The third kappa shape index (κ3) is 13.8. The van der Waals surface area contributed by atoms with Crippen molar-refractivity contribution in [3.05, 3.63) is 71.5 Å². The van der Waals surface area contributed by atoms with Gasteiger partial charge in [0.1, 0.15) is 0 Å². The first-order valence-electron chi connectivity index (χ1n) is 15.7. The van der Waals surface area contributed by atoms with Crippen molar-refractivity contribution in [2.75, 3.05) is 18.5 Å². The molecule has 2 rings (SSSR count). The smallest absolute Gasteiger partial charge is 0.374 e. The monoisotopic (exact) mass is 579 g/mol. The van der Waals surface area contributed by atoms with Crippen LogP contribution in [-0.2, 0) is 25.5 Å². The molecule has 0 radical (unpaired) electrons. The number of esters is 2. The Morgan fingerprint density at radius 1 is 0.690 bits per heavy atom. The molecule has 1 N–H and O–H groups in total. The van der Waals surface area contributed by atoms with Crippen molar-refractivity contribution in [1.82, 2.24) is 0 Å². The molecule has 0 aliphatic rings. The lowest BCUT2D eigenvalue weighted by Gasteiger charge is -2.14. The van der Waals surface area contributed by atoms with Gasteiger partial charge in [0.25, 0.3) is 5.91 Å². The van der Waals surface area contributed by atoms with Crippen molar-refractivity contribution >= 4 is 23.5 Å². The Morgan fingerprint density at radius 2 is 1.29 bits per heavy atom. The Balaban J connectivity index is 2.11. The molecule has 0 aliphatic heterocycles. The Labute approximate surface area is 252 Å². The maximum Gasteiger partial charge on any atom is 0.374 e. The average Bonchev–Trinajstić information content (AvgIpc) is 3.00. The predicted molar refractivity (Wildman–Crippen MR) is 168 cm³/mol. The highest BCUT2D eigenvalue weighted by Gasteiger charge is 2.19. The van der Waals surface area contributed by atoms with Gasteiger partial charge in [-0.15, -0.1) is 0 Å². The largest absolute Gasteiger partial charge is 0.462 e. The molecular weight excluding hydrogens is 530 g/mol. The van der Waals surface area contributed by atoms with Gasteiger partial charge in [0.15, 0.2) is 5.75 Å². The van der Waals surface area contributed by atoms with Crippen LogP contribution in [0.15, 0.2) is 60.4 Å². The van der Waals surface area contributed by atoms with E-state index in [1.807, 2.05) is 24.3 Å². The van der Waals surface area contributed by atoms with Crippen LogP contribution in [0.4, 0.5) is 5.69 Å². The van der Waals surface area contributed by atoms with Crippen LogP contribution in [0.25, 0.3) is 0 Å². The summed E-state index contributed by atoms with van der Waals surface area (Å²) in [7, 11) is 0. The summed E-state index contributed by atoms with van der Waals surface area (Å²) in [6, 6.07) is 14.4. The Kier molecular flexibility index (Phi) is 17.4. The Bertz CT molecular complexity index is 1110. The lowest BCUT2D eigenvalue weighted by atomic mass is 10.0. The van der Waals surface area contributed by atoms with Gasteiger partial charge in [-0.2, -0.15) is 0 Å². The number of hydrogen-bond donors (Lipinski definition) is 1. The van der Waals surface area contributed by atoms with E-state index in [-0.39, 0.29) is 30.6 Å². The first-order valence-corrected chi connectivity index (χ1v) is 15.7. The van der Waals surface area contributed by atoms with E-state index in [4.69, 9.17) is 14.2 Å². The molecule has 2 aromatic rings. The van der Waals surface area contributed by atoms with E-state index in [0.717, 1.165) is 70.3 Å². The molecule has 0 fully saturated rings. The van der Waals surface area contributed by atoms with Crippen molar-refractivity contribution in [3.63, 3.8) is 0 Å². The second kappa shape index (κ2) is 21.1. The predicted octanol–water partition coefficient (Wildman–Crippen LogP) is 8.57. The number of rotatable bonds is 21. The van der Waals surface area contributed by atoms with Crippen molar-refractivity contribution in [2.45, 2.75) is 104 Å². The summed E-state index contributed by atoms with van der Waals surface area (Å²) in [6.45, 7) is 6.89. The number of carbonyl (C=O) groups is 3. The van der Waals surface area contributed by atoms with Gasteiger partial charge in [0, 0.05) is 5.56 Å². The van der Waals surface area contributed by atoms with E-state index in [9.17, 15) is 14.4 Å². The summed E-state index contributed by atoms with van der Waals surface area (Å²) in [5, 5.41) is 2.86. The van der Waals surface area contributed by atoms with Crippen LogP contribution in [0.3, 0.4) is 0 Å². The number of ether oxygens (including phenoxy) is 3. The molecule has 0 aliphatic carbocycles. The molecule has 7 nitrogen and oxygen atoms in total. The summed E-state index contributed by atoms with van der Waals surface area (Å²) in [4.78, 5) is 38.5. The van der Waals surface area contributed by atoms with Gasteiger partial charge in [-0.1, -0.05) is 103 Å². The number of aryl methyl sites for hydroxylation is 1. The van der Waals surface area contributed by atoms with Crippen molar-refractivity contribution in [1.29, 1.82) is 0 Å². The normalized spacial score (nSPS) is 11.2. The SMILES string of the molecule is CCCCCCOC(=O)/C=C(/Oc1ccccc1NC(=O)c1ccc(CCCCCC)cc1)C(=O)OCCCCCC. The maximum absolute atomic E-state index is 13.0. The zero-order valence-electron chi connectivity index (χ0n) is 25.8. The van der Waals surface area contributed by atoms with Crippen molar-refractivity contribution in [3.8, 4) is 5.75 Å². The first kappa shape index (κ1) is 34.6. The number of amides is 1. The standard InChI is InChI=1S/C35H49NO6/c1-4-7-10-13-18-28-21-23-29(24-22-28)34(38)36-30-19-14-15-20-31(30)42-32(35(39)41-26-17-12-9-6-3)27-33(37)40-25-16-11-8-5-2/h14-15,19-24,27H,4-13,16-18,25-26H2,1-3H3,(H,36,38)/b32-27+. The average molecular weight is 580 g/mol. The first-order chi connectivity index (χ1) is 20.5. The van der Waals surface area contributed by atoms with Gasteiger partial charge in [-0.3, -0.25) is 4.79 Å². The number of benzene rings is 2. The summed E-state index contributed by atoms with van der Waals surface area (Å²) >= 11 is 0. The molecule has 7 heteroatoms. The fraction of sp³-hybridized carbons (Fsp3) is 0.514. The van der Waals surface area contributed by atoms with Gasteiger partial charge in [-0.25, -0.2) is 9.59 Å². The van der Waals surface area contributed by atoms with Crippen LogP contribution in [0.1, 0.15) is 114 Å². The molecule has 42 heavy (non-hydrogen) atoms. The molecule has 1 amide bonds. The zero-order chi connectivity index (χ0) is 30.4. The van der Waals surface area contributed by atoms with Crippen LogP contribution in [0, 0.1) is 0 Å². The summed E-state index contributed by atoms with van der Waals surface area (Å²) < 4.78 is 16.6. The Morgan fingerprint density at radius 3 is 1.93 bits per heavy atom. The van der Waals surface area contributed by atoms with E-state index < -0.39 is 11.9 Å². The van der Waals surface area contributed by atoms with Crippen LogP contribution in [0.5, 0.6) is 5.75 Å². The highest BCUT2D eigenvalue weighted by molar-refractivity contribution is 6.05. The van der Waals surface area contributed by atoms with Gasteiger partial charge >= 0.3 is 11.9 Å². The molecule has 0 aromatic heterocycles.